The lowest BCUT2D eigenvalue weighted by molar-refractivity contribution is 0.0279. The van der Waals surface area contributed by atoms with Crippen LogP contribution in [0.5, 0.6) is 5.75 Å². The number of carbonyl (C=O) groups is 1. The molecule has 1 aliphatic heterocycles. The molecule has 0 aromatic carbocycles. The van der Waals surface area contributed by atoms with E-state index in [9.17, 15) is 14.7 Å². The Morgan fingerprint density at radius 1 is 1.50 bits per heavy atom. The van der Waals surface area contributed by atoms with Gasteiger partial charge in [0.15, 0.2) is 0 Å². The van der Waals surface area contributed by atoms with Crippen LogP contribution in [0.15, 0.2) is 15.3 Å². The van der Waals surface area contributed by atoms with Gasteiger partial charge in [-0.2, -0.15) is 0 Å². The lowest BCUT2D eigenvalue weighted by atomic mass is 9.88. The largest absolute Gasteiger partial charge is 0.506 e. The predicted octanol–water partition coefficient (Wildman–Crippen LogP) is 3.31. The molecule has 1 aromatic heterocycles. The van der Waals surface area contributed by atoms with E-state index in [-0.39, 0.29) is 21.7 Å². The average molecular weight is 401 g/mol. The first-order chi connectivity index (χ1) is 11.0. The molecule has 2 rings (SSSR count). The molecule has 6 nitrogen and oxygen atoms in total. The van der Waals surface area contributed by atoms with Crippen LogP contribution in [0, 0.1) is 5.92 Å². The van der Waals surface area contributed by atoms with Crippen LogP contribution in [-0.4, -0.2) is 39.9 Å². The van der Waals surface area contributed by atoms with Gasteiger partial charge in [0.05, 0.1) is 0 Å². The number of fused-ring (bicyclic) bond motifs is 1. The minimum atomic E-state index is -0.552. The van der Waals surface area contributed by atoms with Gasteiger partial charge < -0.3 is 19.3 Å². The number of likely N-dealkylation sites (N-methyl/N-ethyl adjacent to an activating group) is 1. The monoisotopic (exact) mass is 400 g/mol. The lowest BCUT2D eigenvalue weighted by Crippen LogP contribution is -2.40. The minimum Gasteiger partial charge on any atom is -0.506 e. The first kappa shape index (κ1) is 18.8. The number of halogens is 1. The Kier molecular flexibility index (Phi) is 5.32. The summed E-state index contributed by atoms with van der Waals surface area (Å²) >= 11 is 3.14. The number of aromatic hydroxyl groups is 1. The van der Waals surface area contributed by atoms with Crippen molar-refractivity contribution >= 4 is 22.0 Å². The molecule has 1 aliphatic rings. The van der Waals surface area contributed by atoms with Crippen molar-refractivity contribution < 1.29 is 14.6 Å². The fourth-order valence-electron chi connectivity index (χ4n) is 3.06. The van der Waals surface area contributed by atoms with Crippen molar-refractivity contribution in [2.75, 3.05) is 13.6 Å². The summed E-state index contributed by atoms with van der Waals surface area (Å²) in [6.07, 6.45) is 0.448. The number of hydrogen-bond donors (Lipinski definition) is 1. The molecule has 134 valence electrons. The second-order valence-corrected chi connectivity index (χ2v) is 8.38. The summed E-state index contributed by atoms with van der Waals surface area (Å²) in [5.74, 6) is 0.215. The van der Waals surface area contributed by atoms with Crippen molar-refractivity contribution in [2.45, 2.75) is 52.2 Å². The smallest absolute Gasteiger partial charge is 0.410 e. The molecule has 0 saturated carbocycles. The lowest BCUT2D eigenvalue weighted by Gasteiger charge is -2.34. The summed E-state index contributed by atoms with van der Waals surface area (Å²) < 4.78 is 7.25. The molecular weight excluding hydrogens is 376 g/mol. The predicted molar refractivity (Wildman–Crippen MR) is 95.5 cm³/mol. The van der Waals surface area contributed by atoms with Gasteiger partial charge in [-0.15, -0.1) is 0 Å². The third-order valence-corrected chi connectivity index (χ3v) is 4.80. The van der Waals surface area contributed by atoms with E-state index in [1.807, 2.05) is 20.8 Å². The van der Waals surface area contributed by atoms with E-state index < -0.39 is 11.7 Å². The molecule has 2 unspecified atom stereocenters. The van der Waals surface area contributed by atoms with Crippen LogP contribution >= 0.6 is 15.9 Å². The summed E-state index contributed by atoms with van der Waals surface area (Å²) in [6, 6.07) is 1.62. The zero-order valence-corrected chi connectivity index (χ0v) is 16.4. The van der Waals surface area contributed by atoms with Gasteiger partial charge in [-0.05, 0) is 49.0 Å². The van der Waals surface area contributed by atoms with Crippen LogP contribution in [-0.2, 0) is 11.3 Å². The second-order valence-electron chi connectivity index (χ2n) is 7.58. The van der Waals surface area contributed by atoms with Crippen LogP contribution in [0.1, 0.15) is 45.7 Å². The Bertz CT molecular complexity index is 693. The molecule has 1 N–H and O–H groups in total. The number of aromatic nitrogens is 1. The van der Waals surface area contributed by atoms with Crippen LogP contribution in [0.4, 0.5) is 4.79 Å². The maximum atomic E-state index is 12.4. The summed E-state index contributed by atoms with van der Waals surface area (Å²) in [6.45, 7) is 8.60. The first-order valence-electron chi connectivity index (χ1n) is 8.06. The maximum absolute atomic E-state index is 12.4. The van der Waals surface area contributed by atoms with Gasteiger partial charge in [-0.1, -0.05) is 6.92 Å². The van der Waals surface area contributed by atoms with E-state index >= 15 is 0 Å². The zero-order chi connectivity index (χ0) is 18.2. The Hall–Kier alpha value is -1.50. The van der Waals surface area contributed by atoms with Crippen molar-refractivity contribution in [1.29, 1.82) is 0 Å². The number of pyridine rings is 1. The third-order valence-electron chi connectivity index (χ3n) is 4.05. The van der Waals surface area contributed by atoms with Crippen LogP contribution in [0.25, 0.3) is 0 Å². The number of carbonyl (C=O) groups excluding carboxylic acids is 1. The van der Waals surface area contributed by atoms with Crippen molar-refractivity contribution in [2.24, 2.45) is 5.92 Å². The Morgan fingerprint density at radius 3 is 2.71 bits per heavy atom. The molecular formula is C17H25BrN2O4. The molecule has 0 saturated heterocycles. The number of ether oxygens (including phenoxy) is 1. The van der Waals surface area contributed by atoms with E-state index in [0.29, 0.717) is 19.0 Å². The molecule has 0 spiro atoms. The van der Waals surface area contributed by atoms with Crippen molar-refractivity contribution in [1.82, 2.24) is 9.47 Å². The quantitative estimate of drug-likeness (QED) is 0.826. The van der Waals surface area contributed by atoms with Gasteiger partial charge in [0.25, 0.3) is 5.56 Å². The van der Waals surface area contributed by atoms with Crippen molar-refractivity contribution in [3.8, 4) is 5.75 Å². The van der Waals surface area contributed by atoms with E-state index in [4.69, 9.17) is 4.74 Å². The summed E-state index contributed by atoms with van der Waals surface area (Å²) in [7, 11) is 1.69. The number of hydrogen-bond acceptors (Lipinski definition) is 4. The topological polar surface area (TPSA) is 71.8 Å². The maximum Gasteiger partial charge on any atom is 0.410 e. The third kappa shape index (κ3) is 4.12. The Morgan fingerprint density at radius 2 is 2.12 bits per heavy atom. The standard InChI is InChI=1S/C17H25BrN2O4/c1-10-6-11(9-19(5)16(23)24-17(2,3)4)12-7-13(21)14(18)15(22)20(12)8-10/h7,10-11,21H,6,8-9H2,1-5H3. The molecule has 1 aromatic rings. The highest BCUT2D eigenvalue weighted by molar-refractivity contribution is 9.10. The Labute approximate surface area is 150 Å². The molecule has 2 heterocycles. The Balaban J connectivity index is 2.27. The fourth-order valence-corrected chi connectivity index (χ4v) is 3.39. The molecule has 0 bridgehead atoms. The van der Waals surface area contributed by atoms with Gasteiger partial charge in [0, 0.05) is 37.8 Å². The molecule has 0 fully saturated rings. The van der Waals surface area contributed by atoms with E-state index in [1.54, 1.807) is 17.7 Å². The van der Waals surface area contributed by atoms with Gasteiger partial charge in [0.2, 0.25) is 0 Å². The van der Waals surface area contributed by atoms with E-state index in [0.717, 1.165) is 12.1 Å². The minimum absolute atomic E-state index is 0.0297. The van der Waals surface area contributed by atoms with Gasteiger partial charge in [0.1, 0.15) is 15.8 Å². The second kappa shape index (κ2) is 6.78. The first-order valence-corrected chi connectivity index (χ1v) is 8.85. The van der Waals surface area contributed by atoms with Crippen molar-refractivity contribution in [3.05, 3.63) is 26.6 Å². The van der Waals surface area contributed by atoms with E-state index in [1.165, 1.54) is 4.90 Å². The van der Waals surface area contributed by atoms with Gasteiger partial charge >= 0.3 is 6.09 Å². The number of nitrogens with zero attached hydrogens (tertiary/aromatic N) is 2. The molecule has 7 heteroatoms. The van der Waals surface area contributed by atoms with Crippen LogP contribution < -0.4 is 5.56 Å². The van der Waals surface area contributed by atoms with Crippen molar-refractivity contribution in [3.63, 3.8) is 0 Å². The summed E-state index contributed by atoms with van der Waals surface area (Å²) in [5.41, 5.74) is -0.0286. The fraction of sp³-hybridized carbons (Fsp3) is 0.647. The van der Waals surface area contributed by atoms with Crippen LogP contribution in [0.2, 0.25) is 0 Å². The molecule has 2 atom stereocenters. The normalized spacial score (nSPS) is 20.4. The van der Waals surface area contributed by atoms with Crippen LogP contribution in [0.3, 0.4) is 0 Å². The summed E-state index contributed by atoms with van der Waals surface area (Å²) in [5, 5.41) is 9.97. The molecule has 0 aliphatic carbocycles. The highest BCUT2D eigenvalue weighted by atomic mass is 79.9. The SMILES string of the molecule is CC1CC(CN(C)C(=O)OC(C)(C)C)c2cc(O)c(Br)c(=O)n2C1. The summed E-state index contributed by atoms with van der Waals surface area (Å²) in [4.78, 5) is 26.1. The van der Waals surface area contributed by atoms with E-state index in [2.05, 4.69) is 22.9 Å². The zero-order valence-electron chi connectivity index (χ0n) is 14.8. The molecule has 1 amide bonds. The molecule has 24 heavy (non-hydrogen) atoms. The average Bonchev–Trinajstić information content (AvgIpc) is 2.44. The van der Waals surface area contributed by atoms with Gasteiger partial charge in [-0.25, -0.2) is 4.79 Å². The number of rotatable bonds is 2. The highest BCUT2D eigenvalue weighted by Crippen LogP contribution is 2.34. The van der Waals surface area contributed by atoms with Gasteiger partial charge in [-0.3, -0.25) is 4.79 Å². The highest BCUT2D eigenvalue weighted by Gasteiger charge is 2.30. The number of amides is 1. The molecule has 0 radical (unpaired) electrons.